The Bertz CT molecular complexity index is 223. The quantitative estimate of drug-likeness (QED) is 0.518. The fraction of sp³-hybridized carbons (Fsp3) is 0.923. The summed E-state index contributed by atoms with van der Waals surface area (Å²) in [4.78, 5) is 16.0. The van der Waals surface area contributed by atoms with Gasteiger partial charge in [0.15, 0.2) is 0 Å². The Balaban J connectivity index is 2.04. The number of esters is 1. The average Bonchev–Trinajstić information content (AvgIpc) is 2.27. The van der Waals surface area contributed by atoms with E-state index in [1.165, 1.54) is 0 Å². The fourth-order valence-corrected chi connectivity index (χ4v) is 1.91. The van der Waals surface area contributed by atoms with E-state index in [2.05, 4.69) is 30.7 Å². The van der Waals surface area contributed by atoms with Crippen LogP contribution in [-0.4, -0.2) is 62.1 Å². The van der Waals surface area contributed by atoms with Crippen molar-refractivity contribution in [1.82, 2.24) is 9.80 Å². The van der Waals surface area contributed by atoms with Crippen LogP contribution in [0.1, 0.15) is 26.7 Å². The molecular weight excluding hydrogens is 216 g/mol. The number of piperazine rings is 1. The molecule has 0 aromatic heterocycles. The normalized spacial score (nSPS) is 18.6. The zero-order chi connectivity index (χ0) is 12.7. The van der Waals surface area contributed by atoms with Crippen LogP contribution < -0.4 is 0 Å². The third-order valence-electron chi connectivity index (χ3n) is 3.14. The van der Waals surface area contributed by atoms with Gasteiger partial charge in [0, 0.05) is 26.2 Å². The van der Waals surface area contributed by atoms with Crippen molar-refractivity contribution in [3.8, 4) is 0 Å². The molecule has 0 N–H and O–H groups in total. The zero-order valence-corrected chi connectivity index (χ0v) is 11.4. The molecule has 4 heteroatoms. The Kier molecular flexibility index (Phi) is 6.52. The predicted octanol–water partition coefficient (Wildman–Crippen LogP) is 1.21. The van der Waals surface area contributed by atoms with E-state index >= 15 is 0 Å². The third kappa shape index (κ3) is 6.64. The van der Waals surface area contributed by atoms with E-state index in [4.69, 9.17) is 4.74 Å². The molecule has 4 nitrogen and oxygen atoms in total. The smallest absolute Gasteiger partial charge is 0.320 e. The number of carbonyl (C=O) groups is 1. The summed E-state index contributed by atoms with van der Waals surface area (Å²) in [5.41, 5.74) is 0. The summed E-state index contributed by atoms with van der Waals surface area (Å²) >= 11 is 0. The molecule has 100 valence electrons. The maximum Gasteiger partial charge on any atom is 0.320 e. The largest absolute Gasteiger partial charge is 0.465 e. The Labute approximate surface area is 105 Å². The van der Waals surface area contributed by atoms with Gasteiger partial charge in [-0.3, -0.25) is 9.69 Å². The lowest BCUT2D eigenvalue weighted by Gasteiger charge is -2.31. The maximum absolute atomic E-state index is 11.6. The van der Waals surface area contributed by atoms with Crippen molar-refractivity contribution < 1.29 is 9.53 Å². The third-order valence-corrected chi connectivity index (χ3v) is 3.14. The molecule has 0 atom stereocenters. The molecule has 1 heterocycles. The summed E-state index contributed by atoms with van der Waals surface area (Å²) in [6.07, 6.45) is 2.11. The van der Waals surface area contributed by atoms with Crippen LogP contribution in [0.2, 0.25) is 0 Å². The van der Waals surface area contributed by atoms with Gasteiger partial charge in [0.05, 0.1) is 13.2 Å². The number of hydrogen-bond acceptors (Lipinski definition) is 4. The Morgan fingerprint density at radius 3 is 2.47 bits per heavy atom. The number of likely N-dealkylation sites (N-methyl/N-ethyl adjacent to an activating group) is 1. The van der Waals surface area contributed by atoms with Gasteiger partial charge < -0.3 is 9.64 Å². The number of hydrogen-bond donors (Lipinski definition) is 0. The van der Waals surface area contributed by atoms with Crippen molar-refractivity contribution in [2.45, 2.75) is 26.7 Å². The van der Waals surface area contributed by atoms with E-state index in [-0.39, 0.29) is 5.97 Å². The monoisotopic (exact) mass is 242 g/mol. The van der Waals surface area contributed by atoms with Crippen molar-refractivity contribution in [1.29, 1.82) is 0 Å². The van der Waals surface area contributed by atoms with Gasteiger partial charge in [0.1, 0.15) is 0 Å². The number of rotatable bonds is 6. The molecule has 0 aliphatic carbocycles. The lowest BCUT2D eigenvalue weighted by Crippen LogP contribution is -2.46. The predicted molar refractivity (Wildman–Crippen MR) is 69.0 cm³/mol. The minimum absolute atomic E-state index is 0.0710. The van der Waals surface area contributed by atoms with Crippen LogP contribution in [0.5, 0.6) is 0 Å². The van der Waals surface area contributed by atoms with E-state index in [0.29, 0.717) is 19.1 Å². The van der Waals surface area contributed by atoms with Crippen LogP contribution in [0, 0.1) is 5.92 Å². The van der Waals surface area contributed by atoms with Crippen molar-refractivity contribution in [2.75, 3.05) is 46.4 Å². The lowest BCUT2D eigenvalue weighted by molar-refractivity contribution is -0.145. The minimum Gasteiger partial charge on any atom is -0.465 e. The lowest BCUT2D eigenvalue weighted by atomic mass is 10.1. The Morgan fingerprint density at radius 2 is 1.88 bits per heavy atom. The topological polar surface area (TPSA) is 32.8 Å². The van der Waals surface area contributed by atoms with Crippen molar-refractivity contribution >= 4 is 5.97 Å². The molecule has 0 aromatic rings. The molecule has 1 fully saturated rings. The minimum atomic E-state index is -0.0710. The van der Waals surface area contributed by atoms with Crippen LogP contribution >= 0.6 is 0 Å². The zero-order valence-electron chi connectivity index (χ0n) is 11.4. The van der Waals surface area contributed by atoms with Crippen LogP contribution in [0.25, 0.3) is 0 Å². The number of ether oxygens (including phenoxy) is 1. The first-order chi connectivity index (χ1) is 8.08. The molecule has 0 amide bonds. The van der Waals surface area contributed by atoms with Gasteiger partial charge in [-0.2, -0.15) is 0 Å². The molecule has 1 rings (SSSR count). The highest BCUT2D eigenvalue weighted by Crippen LogP contribution is 2.04. The first-order valence-electron chi connectivity index (χ1n) is 6.64. The van der Waals surface area contributed by atoms with Crippen molar-refractivity contribution in [3.63, 3.8) is 0 Å². The van der Waals surface area contributed by atoms with Gasteiger partial charge in [-0.1, -0.05) is 13.8 Å². The van der Waals surface area contributed by atoms with E-state index in [1.807, 2.05) is 0 Å². The molecule has 0 bridgehead atoms. The molecule has 0 saturated carbocycles. The molecule has 0 unspecified atom stereocenters. The molecule has 1 saturated heterocycles. The van der Waals surface area contributed by atoms with E-state index < -0.39 is 0 Å². The van der Waals surface area contributed by atoms with Crippen LogP contribution in [0.3, 0.4) is 0 Å². The summed E-state index contributed by atoms with van der Waals surface area (Å²) in [5, 5.41) is 0. The molecule has 1 aliphatic rings. The van der Waals surface area contributed by atoms with Gasteiger partial charge in [-0.25, -0.2) is 0 Å². The van der Waals surface area contributed by atoms with Gasteiger partial charge >= 0.3 is 5.97 Å². The van der Waals surface area contributed by atoms with Crippen molar-refractivity contribution in [3.05, 3.63) is 0 Å². The molecule has 0 radical (unpaired) electrons. The van der Waals surface area contributed by atoms with Gasteiger partial charge in [0.25, 0.3) is 0 Å². The number of carbonyl (C=O) groups excluding carboxylic acids is 1. The first kappa shape index (κ1) is 14.5. The molecule has 0 aromatic carbocycles. The van der Waals surface area contributed by atoms with Gasteiger partial charge in [-0.05, 0) is 25.8 Å². The summed E-state index contributed by atoms with van der Waals surface area (Å²) in [5.74, 6) is 0.615. The SMILES string of the molecule is CC(C)CCCOC(=O)CN1CCN(C)CC1. The Morgan fingerprint density at radius 1 is 1.24 bits per heavy atom. The number of nitrogens with zero attached hydrogens (tertiary/aromatic N) is 2. The summed E-state index contributed by atoms with van der Waals surface area (Å²) in [6.45, 7) is 9.43. The average molecular weight is 242 g/mol. The molecule has 0 spiro atoms. The highest BCUT2D eigenvalue weighted by atomic mass is 16.5. The molecule has 1 aliphatic heterocycles. The second-order valence-electron chi connectivity index (χ2n) is 5.34. The van der Waals surface area contributed by atoms with E-state index in [1.54, 1.807) is 0 Å². The standard InChI is InChI=1S/C13H26N2O2/c1-12(2)5-4-10-17-13(16)11-15-8-6-14(3)7-9-15/h12H,4-11H2,1-3H3. The summed E-state index contributed by atoms with van der Waals surface area (Å²) < 4.78 is 5.23. The Hall–Kier alpha value is -0.610. The molecule has 17 heavy (non-hydrogen) atoms. The maximum atomic E-state index is 11.6. The summed E-state index contributed by atoms with van der Waals surface area (Å²) in [6, 6.07) is 0. The first-order valence-corrected chi connectivity index (χ1v) is 6.64. The van der Waals surface area contributed by atoms with Gasteiger partial charge in [0.2, 0.25) is 0 Å². The van der Waals surface area contributed by atoms with Gasteiger partial charge in [-0.15, -0.1) is 0 Å². The van der Waals surface area contributed by atoms with Crippen LogP contribution in [-0.2, 0) is 9.53 Å². The molecular formula is C13H26N2O2. The highest BCUT2D eigenvalue weighted by molar-refractivity contribution is 5.71. The fourth-order valence-electron chi connectivity index (χ4n) is 1.91. The van der Waals surface area contributed by atoms with E-state index in [0.717, 1.165) is 39.0 Å². The van der Waals surface area contributed by atoms with Crippen LogP contribution in [0.15, 0.2) is 0 Å². The van der Waals surface area contributed by atoms with Crippen molar-refractivity contribution in [2.24, 2.45) is 5.92 Å². The van der Waals surface area contributed by atoms with E-state index in [9.17, 15) is 4.79 Å². The second kappa shape index (κ2) is 7.67. The highest BCUT2D eigenvalue weighted by Gasteiger charge is 2.16. The van der Waals surface area contributed by atoms with Crippen LogP contribution in [0.4, 0.5) is 0 Å². The second-order valence-corrected chi connectivity index (χ2v) is 5.34. The summed E-state index contributed by atoms with van der Waals surface area (Å²) in [7, 11) is 2.11.